The normalized spacial score (nSPS) is 9.50. The van der Waals surface area contributed by atoms with Crippen LogP contribution in [0, 0.1) is 0 Å². The van der Waals surface area contributed by atoms with E-state index in [0.29, 0.717) is 6.04 Å². The molecule has 0 fully saturated rings. The van der Waals surface area contributed by atoms with Gasteiger partial charge in [0.25, 0.3) is 8.68 Å². The van der Waals surface area contributed by atoms with E-state index in [4.69, 9.17) is 0 Å². The molecule has 0 aromatic heterocycles. The molecule has 0 aliphatic rings. The maximum atomic E-state index is 10.9. The van der Waals surface area contributed by atoms with E-state index in [1.165, 1.54) is 0 Å². The lowest BCUT2D eigenvalue weighted by Crippen LogP contribution is -1.98. The van der Waals surface area contributed by atoms with Gasteiger partial charge in [-0.1, -0.05) is 12.1 Å². The summed E-state index contributed by atoms with van der Waals surface area (Å²) in [6.45, 7) is 1.79. The Bertz CT molecular complexity index is 268. The predicted molar refractivity (Wildman–Crippen MR) is 52.0 cm³/mol. The van der Waals surface area contributed by atoms with Crippen molar-refractivity contribution in [1.29, 1.82) is 0 Å². The van der Waals surface area contributed by atoms with Gasteiger partial charge in [-0.3, -0.25) is 0 Å². The van der Waals surface area contributed by atoms with Crippen molar-refractivity contribution in [3.05, 3.63) is 29.8 Å². The van der Waals surface area contributed by atoms with Crippen molar-refractivity contribution < 1.29 is 4.46 Å². The van der Waals surface area contributed by atoms with Gasteiger partial charge in [-0.25, -0.2) is 0 Å². The minimum Gasteiger partial charge on any atom is -0.388 e. The highest BCUT2D eigenvalue weighted by Gasteiger charge is 1.98. The number of hydrogen-bond acceptors (Lipinski definition) is 2. The van der Waals surface area contributed by atoms with Gasteiger partial charge in [0, 0.05) is 18.8 Å². The van der Waals surface area contributed by atoms with E-state index in [0.717, 1.165) is 11.3 Å². The zero-order valence-corrected chi connectivity index (χ0v) is 8.42. The molecule has 0 radical (unpaired) electrons. The zero-order valence-electron chi connectivity index (χ0n) is 7.42. The molecule has 0 unspecified atom stereocenters. The maximum Gasteiger partial charge on any atom is 0.277 e. The van der Waals surface area contributed by atoms with Gasteiger partial charge >= 0.3 is 0 Å². The minimum absolute atomic E-state index is 0.717. The van der Waals surface area contributed by atoms with Crippen LogP contribution in [0.1, 0.15) is 5.56 Å². The molecular formula is C9H13NOSi. The summed E-state index contributed by atoms with van der Waals surface area (Å²) in [6, 6.07) is 8.74. The smallest absolute Gasteiger partial charge is 0.277 e. The molecule has 1 aromatic rings. The molecule has 0 atom stereocenters. The maximum absolute atomic E-state index is 10.9. The standard InChI is InChI=1S/C9H13NOSi/c1-10-9-5-3-8(4-6-9)7-12(2)11/h3-6,10H,7H2,1-2H3. The molecule has 0 saturated carbocycles. The summed E-state index contributed by atoms with van der Waals surface area (Å²) in [5.41, 5.74) is 2.25. The number of rotatable bonds is 3. The quantitative estimate of drug-likeness (QED) is 0.718. The molecule has 1 N–H and O–H groups in total. The van der Waals surface area contributed by atoms with Crippen molar-refractivity contribution in [2.24, 2.45) is 0 Å². The van der Waals surface area contributed by atoms with Crippen LogP contribution in [-0.2, 0) is 10.5 Å². The van der Waals surface area contributed by atoms with Crippen LogP contribution in [0.25, 0.3) is 0 Å². The van der Waals surface area contributed by atoms with Crippen LogP contribution in [0.15, 0.2) is 24.3 Å². The van der Waals surface area contributed by atoms with Gasteiger partial charge in [0.05, 0.1) is 0 Å². The summed E-state index contributed by atoms with van der Waals surface area (Å²) in [4.78, 5) is 0. The summed E-state index contributed by atoms with van der Waals surface area (Å²) in [5, 5.41) is 3.04. The Morgan fingerprint density at radius 3 is 2.33 bits per heavy atom. The lowest BCUT2D eigenvalue weighted by Gasteiger charge is -2.00. The number of anilines is 1. The van der Waals surface area contributed by atoms with Crippen LogP contribution >= 0.6 is 0 Å². The van der Waals surface area contributed by atoms with Crippen LogP contribution < -0.4 is 5.32 Å². The minimum atomic E-state index is -1.38. The first-order valence-electron chi connectivity index (χ1n) is 3.98. The molecule has 0 heterocycles. The first-order chi connectivity index (χ1) is 5.72. The Labute approximate surface area is 74.3 Å². The number of nitrogens with one attached hydrogen (secondary N) is 1. The van der Waals surface area contributed by atoms with E-state index < -0.39 is 8.68 Å². The third kappa shape index (κ3) is 2.58. The third-order valence-corrected chi connectivity index (χ3v) is 2.60. The molecular weight excluding hydrogens is 166 g/mol. The van der Waals surface area contributed by atoms with Gasteiger partial charge < -0.3 is 9.78 Å². The van der Waals surface area contributed by atoms with Crippen LogP contribution in [0.5, 0.6) is 0 Å². The van der Waals surface area contributed by atoms with Gasteiger partial charge in [-0.2, -0.15) is 0 Å². The van der Waals surface area contributed by atoms with Gasteiger partial charge in [-0.15, -0.1) is 0 Å². The SMILES string of the molecule is CNc1ccc(C[Si](C)=O)cc1. The van der Waals surface area contributed by atoms with Crippen LogP contribution in [-0.4, -0.2) is 15.7 Å². The topological polar surface area (TPSA) is 29.1 Å². The molecule has 0 aliphatic carbocycles. The summed E-state index contributed by atoms with van der Waals surface area (Å²) < 4.78 is 10.9. The highest BCUT2D eigenvalue weighted by Crippen LogP contribution is 2.08. The highest BCUT2D eigenvalue weighted by molar-refractivity contribution is 6.40. The van der Waals surface area contributed by atoms with Gasteiger partial charge in [-0.05, 0) is 24.2 Å². The summed E-state index contributed by atoms with van der Waals surface area (Å²) in [6.07, 6.45) is 0. The summed E-state index contributed by atoms with van der Waals surface area (Å²) >= 11 is 0. The third-order valence-electron chi connectivity index (χ3n) is 1.70. The Kier molecular flexibility index (Phi) is 3.16. The van der Waals surface area contributed by atoms with Crippen molar-refractivity contribution in [2.45, 2.75) is 12.6 Å². The van der Waals surface area contributed by atoms with Crippen molar-refractivity contribution in [2.75, 3.05) is 12.4 Å². The van der Waals surface area contributed by atoms with E-state index >= 15 is 0 Å². The monoisotopic (exact) mass is 179 g/mol. The van der Waals surface area contributed by atoms with Crippen LogP contribution in [0.2, 0.25) is 6.55 Å². The Balaban J connectivity index is 2.71. The summed E-state index contributed by atoms with van der Waals surface area (Å²) in [5.74, 6) is 0. The fourth-order valence-electron chi connectivity index (χ4n) is 1.08. The molecule has 1 aromatic carbocycles. The summed E-state index contributed by atoms with van der Waals surface area (Å²) in [7, 11) is 0.510. The molecule has 2 nitrogen and oxygen atoms in total. The Morgan fingerprint density at radius 2 is 1.92 bits per heavy atom. The molecule has 0 bridgehead atoms. The molecule has 3 heteroatoms. The second kappa shape index (κ2) is 4.16. The predicted octanol–water partition coefficient (Wildman–Crippen LogP) is 1.86. The molecule has 1 rings (SSSR count). The van der Waals surface area contributed by atoms with Crippen LogP contribution in [0.3, 0.4) is 0 Å². The molecule has 0 amide bonds. The fraction of sp³-hybridized carbons (Fsp3) is 0.333. The largest absolute Gasteiger partial charge is 0.388 e. The number of hydrogen-bond donors (Lipinski definition) is 1. The molecule has 64 valence electrons. The van der Waals surface area contributed by atoms with Crippen LogP contribution in [0.4, 0.5) is 5.69 Å². The van der Waals surface area contributed by atoms with E-state index in [9.17, 15) is 4.46 Å². The molecule has 0 saturated heterocycles. The van der Waals surface area contributed by atoms with Gasteiger partial charge in [0.1, 0.15) is 0 Å². The lowest BCUT2D eigenvalue weighted by atomic mass is 10.2. The first-order valence-corrected chi connectivity index (χ1v) is 6.10. The first kappa shape index (κ1) is 9.13. The van der Waals surface area contributed by atoms with Crippen molar-refractivity contribution >= 4 is 14.4 Å². The number of benzene rings is 1. The van der Waals surface area contributed by atoms with E-state index in [2.05, 4.69) is 5.32 Å². The van der Waals surface area contributed by atoms with E-state index in [-0.39, 0.29) is 0 Å². The molecule has 12 heavy (non-hydrogen) atoms. The Morgan fingerprint density at radius 1 is 1.33 bits per heavy atom. The van der Waals surface area contributed by atoms with E-state index in [1.807, 2.05) is 31.3 Å². The average Bonchev–Trinajstić information content (AvgIpc) is 2.05. The highest BCUT2D eigenvalue weighted by atomic mass is 28.3. The Hall–Kier alpha value is -0.963. The second-order valence-electron chi connectivity index (χ2n) is 2.83. The van der Waals surface area contributed by atoms with Gasteiger partial charge in [0.15, 0.2) is 0 Å². The molecule has 0 aliphatic heterocycles. The zero-order chi connectivity index (χ0) is 8.97. The van der Waals surface area contributed by atoms with Crippen molar-refractivity contribution in [3.63, 3.8) is 0 Å². The van der Waals surface area contributed by atoms with Crippen molar-refractivity contribution in [3.8, 4) is 0 Å². The van der Waals surface area contributed by atoms with Crippen molar-refractivity contribution in [1.82, 2.24) is 0 Å². The van der Waals surface area contributed by atoms with E-state index in [1.54, 1.807) is 6.55 Å². The molecule has 0 spiro atoms. The second-order valence-corrected chi connectivity index (χ2v) is 4.58. The average molecular weight is 179 g/mol. The fourth-order valence-corrected chi connectivity index (χ4v) is 1.89. The van der Waals surface area contributed by atoms with Gasteiger partial charge in [0.2, 0.25) is 0 Å². The lowest BCUT2D eigenvalue weighted by molar-refractivity contribution is 0.564.